The van der Waals surface area contributed by atoms with Crippen LogP contribution in [0.15, 0.2) is 66.7 Å². The topological polar surface area (TPSA) is 101 Å². The van der Waals surface area contributed by atoms with E-state index in [2.05, 4.69) is 15.0 Å². The number of carbonyl (C=O) groups is 2. The van der Waals surface area contributed by atoms with Crippen molar-refractivity contribution in [1.82, 2.24) is 10.3 Å². The summed E-state index contributed by atoms with van der Waals surface area (Å²) in [7, 11) is 0. The lowest BCUT2D eigenvalue weighted by Crippen LogP contribution is -2.23. The Bertz CT molecular complexity index is 1450. The van der Waals surface area contributed by atoms with Gasteiger partial charge in [-0.15, -0.1) is 13.2 Å². The highest BCUT2D eigenvalue weighted by Gasteiger charge is 2.31. The van der Waals surface area contributed by atoms with Gasteiger partial charge in [0.2, 0.25) is 0 Å². The van der Waals surface area contributed by atoms with E-state index in [4.69, 9.17) is 9.84 Å². The lowest BCUT2D eigenvalue weighted by molar-refractivity contribution is -0.274. The Hall–Kier alpha value is -4.47. The van der Waals surface area contributed by atoms with Crippen LogP contribution >= 0.6 is 0 Å². The van der Waals surface area contributed by atoms with Crippen molar-refractivity contribution in [2.45, 2.75) is 32.7 Å². The smallest absolute Gasteiger partial charge is 0.481 e. The van der Waals surface area contributed by atoms with Gasteiger partial charge in [0, 0.05) is 23.9 Å². The number of fused-ring (bicyclic) bond motifs is 1. The molecule has 0 radical (unpaired) electrons. The van der Waals surface area contributed by atoms with Crippen LogP contribution in [0, 0.1) is 6.92 Å². The number of aromatic amines is 1. The van der Waals surface area contributed by atoms with Crippen molar-refractivity contribution in [3.63, 3.8) is 0 Å². The Kier molecular flexibility index (Phi) is 7.37. The number of amides is 1. The molecule has 1 heterocycles. The van der Waals surface area contributed by atoms with E-state index in [1.807, 2.05) is 25.1 Å². The molecule has 3 aromatic carbocycles. The Morgan fingerprint density at radius 1 is 0.973 bits per heavy atom. The molecular weight excluding hydrogens is 489 g/mol. The molecule has 10 heteroatoms. The highest BCUT2D eigenvalue weighted by molar-refractivity contribution is 5.98. The van der Waals surface area contributed by atoms with Crippen molar-refractivity contribution in [2.24, 2.45) is 0 Å². The fourth-order valence-electron chi connectivity index (χ4n) is 3.82. The summed E-state index contributed by atoms with van der Waals surface area (Å²) in [6, 6.07) is 17.9. The Labute approximate surface area is 209 Å². The van der Waals surface area contributed by atoms with Crippen LogP contribution in [0.1, 0.15) is 33.6 Å². The lowest BCUT2D eigenvalue weighted by Gasteiger charge is -2.11. The SMILES string of the molecule is Cc1cc(Oc2cccc(CNC(=O)c3cc4cc(OC(F)(F)F)ccc4[nH]3)c2)ccc1CCC(=O)O. The number of carboxylic acid groups (broad SMARTS) is 1. The number of rotatable bonds is 9. The van der Waals surface area contributed by atoms with Gasteiger partial charge in [-0.2, -0.15) is 0 Å². The second-order valence-corrected chi connectivity index (χ2v) is 8.39. The predicted molar refractivity (Wildman–Crippen MR) is 130 cm³/mol. The molecule has 0 bridgehead atoms. The zero-order valence-electron chi connectivity index (χ0n) is 19.7. The number of aliphatic carboxylic acids is 1. The maximum absolute atomic E-state index is 12.6. The molecule has 1 amide bonds. The average Bonchev–Trinajstić information content (AvgIpc) is 3.25. The minimum absolute atomic E-state index is 0.0564. The first-order valence-electron chi connectivity index (χ1n) is 11.3. The number of hydrogen-bond acceptors (Lipinski definition) is 4. The van der Waals surface area contributed by atoms with Crippen molar-refractivity contribution < 1.29 is 37.3 Å². The van der Waals surface area contributed by atoms with Crippen molar-refractivity contribution in [3.8, 4) is 17.2 Å². The van der Waals surface area contributed by atoms with Crippen LogP contribution in [0.4, 0.5) is 13.2 Å². The van der Waals surface area contributed by atoms with Crippen LogP contribution in [0.25, 0.3) is 10.9 Å². The maximum Gasteiger partial charge on any atom is 0.573 e. The first-order chi connectivity index (χ1) is 17.6. The van der Waals surface area contributed by atoms with Crippen LogP contribution in [-0.4, -0.2) is 28.3 Å². The molecule has 0 saturated carbocycles. The predicted octanol–water partition coefficient (Wildman–Crippen LogP) is 6.11. The van der Waals surface area contributed by atoms with Gasteiger partial charge in [-0.25, -0.2) is 0 Å². The Morgan fingerprint density at radius 3 is 2.46 bits per heavy atom. The number of alkyl halides is 3. The van der Waals surface area contributed by atoms with Gasteiger partial charge in [0.1, 0.15) is 22.9 Å². The molecule has 37 heavy (non-hydrogen) atoms. The van der Waals surface area contributed by atoms with Gasteiger partial charge in [-0.05, 0) is 78.6 Å². The zero-order valence-corrected chi connectivity index (χ0v) is 19.7. The number of halogens is 3. The first kappa shape index (κ1) is 25.6. The summed E-state index contributed by atoms with van der Waals surface area (Å²) in [5, 5.41) is 12.1. The minimum Gasteiger partial charge on any atom is -0.481 e. The van der Waals surface area contributed by atoms with E-state index >= 15 is 0 Å². The fraction of sp³-hybridized carbons (Fsp3) is 0.185. The van der Waals surface area contributed by atoms with Gasteiger partial charge in [-0.1, -0.05) is 18.2 Å². The molecule has 0 aliphatic carbocycles. The number of nitrogens with one attached hydrogen (secondary N) is 2. The van der Waals surface area contributed by atoms with Crippen molar-refractivity contribution in [3.05, 3.63) is 89.1 Å². The van der Waals surface area contributed by atoms with Crippen LogP contribution < -0.4 is 14.8 Å². The summed E-state index contributed by atoms with van der Waals surface area (Å²) in [4.78, 5) is 26.3. The van der Waals surface area contributed by atoms with Crippen LogP contribution in [0.3, 0.4) is 0 Å². The van der Waals surface area contributed by atoms with E-state index in [-0.39, 0.29) is 24.4 Å². The van der Waals surface area contributed by atoms with E-state index in [0.717, 1.165) is 16.7 Å². The number of ether oxygens (including phenoxy) is 2. The summed E-state index contributed by atoms with van der Waals surface area (Å²) >= 11 is 0. The van der Waals surface area contributed by atoms with Crippen molar-refractivity contribution >= 4 is 22.8 Å². The third-order valence-corrected chi connectivity index (χ3v) is 5.58. The minimum atomic E-state index is -4.80. The normalized spacial score (nSPS) is 11.4. The second-order valence-electron chi connectivity index (χ2n) is 8.39. The molecule has 0 spiro atoms. The molecule has 0 aliphatic rings. The number of carboxylic acids is 1. The lowest BCUT2D eigenvalue weighted by atomic mass is 10.0. The third kappa shape index (κ3) is 7.03. The molecule has 0 atom stereocenters. The summed E-state index contributed by atoms with van der Waals surface area (Å²) in [5.41, 5.74) is 3.34. The fourth-order valence-corrected chi connectivity index (χ4v) is 3.82. The Balaban J connectivity index is 1.38. The molecule has 3 N–H and O–H groups in total. The van der Waals surface area contributed by atoms with E-state index in [1.54, 1.807) is 24.3 Å². The molecular formula is C27H23F3N2O5. The van der Waals surface area contributed by atoms with E-state index in [0.29, 0.717) is 28.8 Å². The van der Waals surface area contributed by atoms with E-state index < -0.39 is 18.2 Å². The molecule has 1 aromatic heterocycles. The number of H-pyrrole nitrogens is 1. The van der Waals surface area contributed by atoms with Crippen molar-refractivity contribution in [2.75, 3.05) is 0 Å². The monoisotopic (exact) mass is 512 g/mol. The second kappa shape index (κ2) is 10.7. The largest absolute Gasteiger partial charge is 0.573 e. The van der Waals surface area contributed by atoms with Gasteiger partial charge < -0.3 is 24.9 Å². The van der Waals surface area contributed by atoms with Gasteiger partial charge >= 0.3 is 12.3 Å². The zero-order chi connectivity index (χ0) is 26.6. The van der Waals surface area contributed by atoms with Crippen LogP contribution in [-0.2, 0) is 17.8 Å². The molecule has 7 nitrogen and oxygen atoms in total. The maximum atomic E-state index is 12.6. The first-order valence-corrected chi connectivity index (χ1v) is 11.3. The summed E-state index contributed by atoms with van der Waals surface area (Å²) < 4.78 is 47.2. The summed E-state index contributed by atoms with van der Waals surface area (Å²) in [6.07, 6.45) is -4.30. The third-order valence-electron chi connectivity index (χ3n) is 5.58. The number of aromatic nitrogens is 1. The average molecular weight is 512 g/mol. The summed E-state index contributed by atoms with van der Waals surface area (Å²) in [6.45, 7) is 2.09. The molecule has 4 aromatic rings. The Morgan fingerprint density at radius 2 is 1.73 bits per heavy atom. The van der Waals surface area contributed by atoms with E-state index in [1.165, 1.54) is 24.3 Å². The number of carbonyl (C=O) groups excluding carboxylic acids is 1. The standard InChI is InChI=1S/C27H23F3N2O5/c1-16-11-21(7-5-18(16)6-10-25(33)34)36-20-4-2-3-17(12-20)15-31-26(35)24-14-19-13-22(37-27(28,29)30)8-9-23(19)32-24/h2-5,7-9,11-14,32H,6,10,15H2,1H3,(H,31,35)(H,33,34). The molecule has 0 unspecified atom stereocenters. The molecule has 0 saturated heterocycles. The molecule has 0 fully saturated rings. The van der Waals surface area contributed by atoms with Gasteiger partial charge in [-0.3, -0.25) is 9.59 Å². The summed E-state index contributed by atoms with van der Waals surface area (Å²) in [5.74, 6) is -0.476. The van der Waals surface area contributed by atoms with E-state index in [9.17, 15) is 22.8 Å². The van der Waals surface area contributed by atoms with Gasteiger partial charge in [0.25, 0.3) is 5.91 Å². The molecule has 4 rings (SSSR count). The molecule has 192 valence electrons. The highest BCUT2D eigenvalue weighted by atomic mass is 19.4. The number of benzene rings is 3. The van der Waals surface area contributed by atoms with Crippen LogP contribution in [0.5, 0.6) is 17.2 Å². The van der Waals surface area contributed by atoms with Crippen LogP contribution in [0.2, 0.25) is 0 Å². The van der Waals surface area contributed by atoms with Crippen molar-refractivity contribution in [1.29, 1.82) is 0 Å². The molecule has 0 aliphatic heterocycles. The number of aryl methyl sites for hydroxylation is 2. The highest BCUT2D eigenvalue weighted by Crippen LogP contribution is 2.28. The van der Waals surface area contributed by atoms with Gasteiger partial charge in [0.15, 0.2) is 0 Å². The van der Waals surface area contributed by atoms with Gasteiger partial charge in [0.05, 0.1) is 0 Å². The number of hydrogen-bond donors (Lipinski definition) is 3. The quantitative estimate of drug-likeness (QED) is 0.251.